The van der Waals surface area contributed by atoms with Crippen molar-refractivity contribution in [2.24, 2.45) is 0 Å². The zero-order valence-electron chi connectivity index (χ0n) is 12.3. The first-order valence-electron chi connectivity index (χ1n) is 6.92. The van der Waals surface area contributed by atoms with E-state index in [9.17, 15) is 9.59 Å². The number of hydrogen-bond donors (Lipinski definition) is 2. The second-order valence-electron chi connectivity index (χ2n) is 4.64. The van der Waals surface area contributed by atoms with Gasteiger partial charge in [-0.3, -0.25) is 9.59 Å². The van der Waals surface area contributed by atoms with Crippen LogP contribution in [0.15, 0.2) is 22.7 Å². The Bertz CT molecular complexity index is 480. The van der Waals surface area contributed by atoms with E-state index in [1.54, 1.807) is 7.11 Å². The number of carbonyl (C=O) groups excluding carboxylic acids is 2. The fourth-order valence-electron chi connectivity index (χ4n) is 1.97. The van der Waals surface area contributed by atoms with Crippen molar-refractivity contribution in [2.45, 2.75) is 32.2 Å². The van der Waals surface area contributed by atoms with Crippen molar-refractivity contribution in [3.05, 3.63) is 28.2 Å². The van der Waals surface area contributed by atoms with Crippen LogP contribution in [-0.2, 0) is 16.0 Å². The lowest BCUT2D eigenvalue weighted by Gasteiger charge is -2.15. The third kappa shape index (κ3) is 5.75. The molecule has 0 saturated carbocycles. The van der Waals surface area contributed by atoms with Crippen LogP contribution in [0.2, 0.25) is 0 Å². The second-order valence-corrected chi connectivity index (χ2v) is 5.49. The van der Waals surface area contributed by atoms with Crippen LogP contribution in [0.3, 0.4) is 0 Å². The Balaban J connectivity index is 2.48. The largest absolute Gasteiger partial charge is 0.496 e. The van der Waals surface area contributed by atoms with E-state index in [1.165, 1.54) is 0 Å². The quantitative estimate of drug-likeness (QED) is 0.665. The summed E-state index contributed by atoms with van der Waals surface area (Å²) in [5.41, 5.74) is 1.07. The number of benzene rings is 1. The predicted molar refractivity (Wildman–Crippen MR) is 85.3 cm³/mol. The molecule has 1 atom stereocenters. The third-order valence-electron chi connectivity index (χ3n) is 3.09. The van der Waals surface area contributed by atoms with E-state index >= 15 is 0 Å². The number of hydrogen-bond acceptors (Lipinski definition) is 3. The van der Waals surface area contributed by atoms with Gasteiger partial charge in [-0.2, -0.15) is 0 Å². The first-order chi connectivity index (χ1) is 10.1. The molecule has 0 fully saturated rings. The molecule has 0 radical (unpaired) electrons. The summed E-state index contributed by atoms with van der Waals surface area (Å²) in [5, 5.41) is 5.38. The van der Waals surface area contributed by atoms with Crippen molar-refractivity contribution in [3.8, 4) is 5.75 Å². The van der Waals surface area contributed by atoms with Gasteiger partial charge >= 0.3 is 0 Å². The van der Waals surface area contributed by atoms with Gasteiger partial charge in [0.15, 0.2) is 0 Å². The molecule has 0 aromatic heterocycles. The van der Waals surface area contributed by atoms with E-state index < -0.39 is 6.04 Å². The summed E-state index contributed by atoms with van der Waals surface area (Å²) in [6, 6.07) is 5.38. The minimum Gasteiger partial charge on any atom is -0.496 e. The standard InChI is InChI=1S/C15H21BrN2O3/c1-3-4-13(18-10-19)15(20)17-8-7-11-5-6-12(16)14(9-11)21-2/h5-6,9-10,13H,3-4,7-8H2,1-2H3,(H,17,20)(H,18,19). The molecule has 0 heterocycles. The SMILES string of the molecule is CCCC(NC=O)C(=O)NCCc1ccc(Br)c(OC)c1. The summed E-state index contributed by atoms with van der Waals surface area (Å²) in [6.45, 7) is 2.49. The summed E-state index contributed by atoms with van der Waals surface area (Å²) in [6.07, 6.45) is 2.74. The first kappa shape index (κ1) is 17.5. The fraction of sp³-hybridized carbons (Fsp3) is 0.467. The Morgan fingerprint density at radius 3 is 2.86 bits per heavy atom. The summed E-state index contributed by atoms with van der Waals surface area (Å²) in [5.74, 6) is 0.623. The van der Waals surface area contributed by atoms with Crippen LogP contribution in [0.1, 0.15) is 25.3 Å². The molecule has 0 saturated heterocycles. The molecule has 2 amide bonds. The predicted octanol–water partition coefficient (Wildman–Crippen LogP) is 2.03. The van der Waals surface area contributed by atoms with Crippen molar-refractivity contribution >= 4 is 28.2 Å². The van der Waals surface area contributed by atoms with E-state index in [1.807, 2.05) is 25.1 Å². The van der Waals surface area contributed by atoms with Crippen molar-refractivity contribution in [1.29, 1.82) is 0 Å². The average Bonchev–Trinajstić information content (AvgIpc) is 2.48. The van der Waals surface area contributed by atoms with Gasteiger partial charge in [-0.25, -0.2) is 0 Å². The van der Waals surface area contributed by atoms with Gasteiger partial charge in [-0.15, -0.1) is 0 Å². The minimum absolute atomic E-state index is 0.145. The highest BCUT2D eigenvalue weighted by molar-refractivity contribution is 9.10. The molecule has 5 nitrogen and oxygen atoms in total. The highest BCUT2D eigenvalue weighted by Crippen LogP contribution is 2.25. The van der Waals surface area contributed by atoms with E-state index in [2.05, 4.69) is 26.6 Å². The van der Waals surface area contributed by atoms with Crippen molar-refractivity contribution in [2.75, 3.05) is 13.7 Å². The second kappa shape index (κ2) is 9.39. The smallest absolute Gasteiger partial charge is 0.242 e. The van der Waals surface area contributed by atoms with Crippen LogP contribution in [-0.4, -0.2) is 32.0 Å². The highest BCUT2D eigenvalue weighted by Gasteiger charge is 2.15. The number of rotatable bonds is 9. The molecule has 1 rings (SSSR count). The third-order valence-corrected chi connectivity index (χ3v) is 3.75. The normalized spacial score (nSPS) is 11.6. The zero-order chi connectivity index (χ0) is 15.7. The molecule has 116 valence electrons. The fourth-order valence-corrected chi connectivity index (χ4v) is 2.38. The molecule has 0 aliphatic heterocycles. The number of carbonyl (C=O) groups is 2. The molecule has 0 bridgehead atoms. The lowest BCUT2D eigenvalue weighted by molar-refractivity contribution is -0.125. The molecule has 1 unspecified atom stereocenters. The lowest BCUT2D eigenvalue weighted by Crippen LogP contribution is -2.44. The number of amides is 2. The van der Waals surface area contributed by atoms with Gasteiger partial charge in [0.05, 0.1) is 11.6 Å². The Morgan fingerprint density at radius 2 is 2.24 bits per heavy atom. The molecule has 2 N–H and O–H groups in total. The maximum atomic E-state index is 11.9. The van der Waals surface area contributed by atoms with Crippen LogP contribution >= 0.6 is 15.9 Å². The Kier molecular flexibility index (Phi) is 7.82. The number of ether oxygens (including phenoxy) is 1. The van der Waals surface area contributed by atoms with E-state index in [0.29, 0.717) is 25.8 Å². The summed E-state index contributed by atoms with van der Waals surface area (Å²) in [7, 11) is 1.62. The monoisotopic (exact) mass is 356 g/mol. The van der Waals surface area contributed by atoms with E-state index in [4.69, 9.17) is 4.74 Å². The van der Waals surface area contributed by atoms with Gasteiger partial charge < -0.3 is 15.4 Å². The van der Waals surface area contributed by atoms with Crippen LogP contribution < -0.4 is 15.4 Å². The molecule has 0 spiro atoms. The van der Waals surface area contributed by atoms with Gasteiger partial charge in [0.1, 0.15) is 11.8 Å². The van der Waals surface area contributed by atoms with Gasteiger partial charge in [0, 0.05) is 6.54 Å². The van der Waals surface area contributed by atoms with Crippen molar-refractivity contribution in [3.63, 3.8) is 0 Å². The molecule has 6 heteroatoms. The Labute approximate surface area is 133 Å². The summed E-state index contributed by atoms with van der Waals surface area (Å²) >= 11 is 3.40. The molecule has 1 aromatic rings. The highest BCUT2D eigenvalue weighted by atomic mass is 79.9. The average molecular weight is 357 g/mol. The van der Waals surface area contributed by atoms with Crippen molar-refractivity contribution in [1.82, 2.24) is 10.6 Å². The molecule has 0 aliphatic rings. The van der Waals surface area contributed by atoms with Crippen LogP contribution in [0.25, 0.3) is 0 Å². The lowest BCUT2D eigenvalue weighted by atomic mass is 10.1. The summed E-state index contributed by atoms with van der Waals surface area (Å²) < 4.78 is 6.13. The summed E-state index contributed by atoms with van der Waals surface area (Å²) in [4.78, 5) is 22.4. The van der Waals surface area contributed by atoms with Gasteiger partial charge in [0.2, 0.25) is 12.3 Å². The van der Waals surface area contributed by atoms with E-state index in [-0.39, 0.29) is 5.91 Å². The van der Waals surface area contributed by atoms with Gasteiger partial charge in [-0.05, 0) is 46.5 Å². The topological polar surface area (TPSA) is 67.4 Å². The molecule has 21 heavy (non-hydrogen) atoms. The Hall–Kier alpha value is -1.56. The molecule has 1 aromatic carbocycles. The minimum atomic E-state index is -0.452. The van der Waals surface area contributed by atoms with E-state index in [0.717, 1.165) is 22.2 Å². The van der Waals surface area contributed by atoms with Gasteiger partial charge in [0.25, 0.3) is 0 Å². The van der Waals surface area contributed by atoms with Crippen LogP contribution in [0.4, 0.5) is 0 Å². The number of methoxy groups -OCH3 is 1. The van der Waals surface area contributed by atoms with Gasteiger partial charge in [-0.1, -0.05) is 19.4 Å². The molecule has 0 aliphatic carbocycles. The molecular weight excluding hydrogens is 336 g/mol. The maximum absolute atomic E-state index is 11.9. The van der Waals surface area contributed by atoms with Crippen molar-refractivity contribution < 1.29 is 14.3 Å². The van der Waals surface area contributed by atoms with Crippen LogP contribution in [0, 0.1) is 0 Å². The first-order valence-corrected chi connectivity index (χ1v) is 7.71. The Morgan fingerprint density at radius 1 is 1.48 bits per heavy atom. The number of nitrogens with one attached hydrogen (secondary N) is 2. The molecular formula is C15H21BrN2O3. The van der Waals surface area contributed by atoms with Crippen LogP contribution in [0.5, 0.6) is 5.75 Å². The number of halogens is 1. The maximum Gasteiger partial charge on any atom is 0.242 e. The zero-order valence-corrected chi connectivity index (χ0v) is 13.9.